The number of imidazole rings is 1. The molecule has 1 fully saturated rings. The molecule has 9 heteroatoms. The number of halogens is 1. The van der Waals surface area contributed by atoms with E-state index in [9.17, 15) is 5.26 Å². The highest BCUT2D eigenvalue weighted by molar-refractivity contribution is 7.99. The first-order valence-electron chi connectivity index (χ1n) is 13.1. The zero-order valence-electron chi connectivity index (χ0n) is 22.3. The van der Waals surface area contributed by atoms with Crippen LogP contribution in [0.5, 0.6) is 0 Å². The van der Waals surface area contributed by atoms with Crippen LogP contribution in [0, 0.1) is 11.3 Å². The summed E-state index contributed by atoms with van der Waals surface area (Å²) in [6.45, 7) is 5.80. The minimum absolute atomic E-state index is 0.484. The van der Waals surface area contributed by atoms with Gasteiger partial charge in [0.1, 0.15) is 6.07 Å². The van der Waals surface area contributed by atoms with Crippen LogP contribution in [0.4, 0.5) is 11.4 Å². The zero-order valence-corrected chi connectivity index (χ0v) is 23.8. The number of nitrogens with one attached hydrogen (secondary N) is 1. The lowest BCUT2D eigenvalue weighted by Gasteiger charge is -2.32. The van der Waals surface area contributed by atoms with Gasteiger partial charge in [0.25, 0.3) is 0 Å². The van der Waals surface area contributed by atoms with E-state index in [0.717, 1.165) is 83.5 Å². The molecule has 1 aliphatic heterocycles. The highest BCUT2D eigenvalue weighted by Crippen LogP contribution is 2.36. The summed E-state index contributed by atoms with van der Waals surface area (Å²) in [4.78, 5) is 14.8. The number of unbranched alkanes of at least 4 members (excludes halogenated alkanes) is 1. The number of hydrogen-bond acceptors (Lipinski definition) is 7. The molecular formula is C30H32ClN7S. The Bertz CT molecular complexity index is 1520. The number of fused-ring (bicyclic) bond motifs is 1. The Labute approximate surface area is 239 Å². The van der Waals surface area contributed by atoms with Crippen molar-refractivity contribution in [3.8, 4) is 6.07 Å². The molecule has 39 heavy (non-hydrogen) atoms. The number of nitriles is 1. The van der Waals surface area contributed by atoms with Crippen molar-refractivity contribution in [1.29, 1.82) is 5.26 Å². The summed E-state index contributed by atoms with van der Waals surface area (Å²) in [5.41, 5.74) is 3.95. The van der Waals surface area contributed by atoms with Crippen molar-refractivity contribution >= 4 is 51.7 Å². The van der Waals surface area contributed by atoms with Gasteiger partial charge >= 0.3 is 0 Å². The van der Waals surface area contributed by atoms with Crippen LogP contribution in [-0.2, 0) is 7.05 Å². The summed E-state index contributed by atoms with van der Waals surface area (Å²) in [6, 6.07) is 14.2. The number of aromatic nitrogens is 3. The van der Waals surface area contributed by atoms with E-state index in [1.54, 1.807) is 12.4 Å². The average Bonchev–Trinajstić information content (AvgIpc) is 3.35. The molecule has 4 aromatic rings. The van der Waals surface area contributed by atoms with E-state index in [4.69, 9.17) is 11.6 Å². The summed E-state index contributed by atoms with van der Waals surface area (Å²) in [5, 5.41) is 15.6. The van der Waals surface area contributed by atoms with E-state index in [0.29, 0.717) is 10.6 Å². The first-order chi connectivity index (χ1) is 19.0. The second-order valence-electron chi connectivity index (χ2n) is 9.82. The fraction of sp³-hybridized carbons (Fsp3) is 0.300. The predicted octanol–water partition coefficient (Wildman–Crippen LogP) is 6.43. The van der Waals surface area contributed by atoms with Gasteiger partial charge in [-0.25, -0.2) is 4.98 Å². The van der Waals surface area contributed by atoms with Gasteiger partial charge in [-0.2, -0.15) is 5.26 Å². The highest BCUT2D eigenvalue weighted by Gasteiger charge is 2.13. The van der Waals surface area contributed by atoms with Crippen molar-refractivity contribution in [2.75, 3.05) is 45.1 Å². The molecule has 2 aromatic carbocycles. The first kappa shape index (κ1) is 27.2. The number of pyridine rings is 1. The fourth-order valence-corrected chi connectivity index (χ4v) is 5.72. The van der Waals surface area contributed by atoms with Gasteiger partial charge in [-0.1, -0.05) is 47.6 Å². The van der Waals surface area contributed by atoms with Crippen LogP contribution < -0.4 is 5.32 Å². The predicted molar refractivity (Wildman–Crippen MR) is 161 cm³/mol. The number of nitrogens with zero attached hydrogens (tertiary/aromatic N) is 6. The highest BCUT2D eigenvalue weighted by atomic mass is 35.5. The van der Waals surface area contributed by atoms with Gasteiger partial charge in [-0.3, -0.25) is 4.98 Å². The SMILES string of the molecule is CN1CCN(CCC/C=C/c2ccc3c(Nc4ccc(Sc5nccn5C)c(Cl)c4)c(C#N)cnc3c2)CC1. The van der Waals surface area contributed by atoms with E-state index < -0.39 is 0 Å². The van der Waals surface area contributed by atoms with E-state index in [-0.39, 0.29) is 0 Å². The van der Waals surface area contributed by atoms with Crippen LogP contribution in [0.25, 0.3) is 17.0 Å². The van der Waals surface area contributed by atoms with Crippen molar-refractivity contribution in [2.45, 2.75) is 22.9 Å². The number of anilines is 2. The van der Waals surface area contributed by atoms with Crippen molar-refractivity contribution in [2.24, 2.45) is 7.05 Å². The minimum Gasteiger partial charge on any atom is -0.354 e. The molecule has 0 bridgehead atoms. The maximum absolute atomic E-state index is 9.77. The monoisotopic (exact) mass is 557 g/mol. The van der Waals surface area contributed by atoms with Crippen LogP contribution >= 0.6 is 23.4 Å². The Morgan fingerprint density at radius 1 is 1.10 bits per heavy atom. The van der Waals surface area contributed by atoms with Crippen molar-refractivity contribution in [3.05, 3.63) is 77.2 Å². The second-order valence-corrected chi connectivity index (χ2v) is 11.2. The summed E-state index contributed by atoms with van der Waals surface area (Å²) in [6.07, 6.45) is 11.9. The number of likely N-dealkylation sites (N-methyl/N-ethyl adjacent to an activating group) is 1. The van der Waals surface area contributed by atoms with Crippen LogP contribution in [0.2, 0.25) is 5.02 Å². The fourth-order valence-electron chi connectivity index (χ4n) is 4.61. The molecule has 2 aromatic heterocycles. The summed E-state index contributed by atoms with van der Waals surface area (Å²) < 4.78 is 1.95. The number of benzene rings is 2. The van der Waals surface area contributed by atoms with Crippen LogP contribution in [0.3, 0.4) is 0 Å². The molecule has 1 aliphatic rings. The molecule has 0 unspecified atom stereocenters. The van der Waals surface area contributed by atoms with Gasteiger partial charge in [0.05, 0.1) is 21.8 Å². The average molecular weight is 558 g/mol. The smallest absolute Gasteiger partial charge is 0.172 e. The summed E-state index contributed by atoms with van der Waals surface area (Å²) >= 11 is 8.12. The minimum atomic E-state index is 0.484. The van der Waals surface area contributed by atoms with Crippen molar-refractivity contribution in [3.63, 3.8) is 0 Å². The summed E-state index contributed by atoms with van der Waals surface area (Å²) in [5.74, 6) is 0. The second kappa shape index (κ2) is 12.7. The molecule has 200 valence electrons. The van der Waals surface area contributed by atoms with E-state index >= 15 is 0 Å². The Balaban J connectivity index is 1.27. The topological polar surface area (TPSA) is 73.0 Å². The number of hydrogen-bond donors (Lipinski definition) is 1. The largest absolute Gasteiger partial charge is 0.354 e. The maximum Gasteiger partial charge on any atom is 0.172 e. The molecule has 0 radical (unpaired) electrons. The first-order valence-corrected chi connectivity index (χ1v) is 14.3. The molecule has 0 spiro atoms. The van der Waals surface area contributed by atoms with Crippen molar-refractivity contribution in [1.82, 2.24) is 24.3 Å². The number of allylic oxidation sites excluding steroid dienone is 1. The van der Waals surface area contributed by atoms with Gasteiger partial charge < -0.3 is 19.7 Å². The molecule has 0 saturated carbocycles. The number of aryl methyl sites for hydroxylation is 1. The molecule has 1 saturated heterocycles. The summed E-state index contributed by atoms with van der Waals surface area (Å²) in [7, 11) is 4.14. The Hall–Kier alpha value is -3.35. The lowest BCUT2D eigenvalue weighted by atomic mass is 10.1. The van der Waals surface area contributed by atoms with E-state index in [1.165, 1.54) is 11.8 Å². The quantitative estimate of drug-likeness (QED) is 0.238. The standard InChI is InChI=1S/C30H32ClN7S/c1-36-14-16-38(17-15-36)12-5-3-4-6-22-7-9-25-27(18-22)34-21-23(20-32)29(25)35-24-8-10-28(26(31)19-24)39-30-33-11-13-37(30)2/h4,6-11,13,18-19,21H,3,5,12,14-17H2,1-2H3,(H,34,35)/b6-4+. The van der Waals surface area contributed by atoms with Gasteiger partial charge in [0.15, 0.2) is 5.16 Å². The molecule has 1 N–H and O–H groups in total. The van der Waals surface area contributed by atoms with E-state index in [2.05, 4.69) is 62.5 Å². The third-order valence-electron chi connectivity index (χ3n) is 6.94. The molecular weight excluding hydrogens is 526 g/mol. The van der Waals surface area contributed by atoms with E-state index in [1.807, 2.05) is 42.1 Å². The number of piperazine rings is 1. The Morgan fingerprint density at radius 2 is 1.95 bits per heavy atom. The van der Waals surface area contributed by atoms with Crippen LogP contribution in [0.15, 0.2) is 71.1 Å². The zero-order chi connectivity index (χ0) is 27.2. The Morgan fingerprint density at radius 3 is 2.69 bits per heavy atom. The van der Waals surface area contributed by atoms with Gasteiger partial charge in [0, 0.05) is 67.8 Å². The van der Waals surface area contributed by atoms with Crippen LogP contribution in [0.1, 0.15) is 24.0 Å². The molecule has 5 rings (SSSR count). The maximum atomic E-state index is 9.77. The van der Waals surface area contributed by atoms with Crippen LogP contribution in [-0.4, -0.2) is 64.1 Å². The van der Waals surface area contributed by atoms with Gasteiger partial charge in [-0.05, 0) is 56.3 Å². The molecule has 0 aliphatic carbocycles. The molecule has 3 heterocycles. The van der Waals surface area contributed by atoms with Crippen molar-refractivity contribution < 1.29 is 0 Å². The molecule has 0 atom stereocenters. The molecule has 7 nitrogen and oxygen atoms in total. The molecule has 0 amide bonds. The normalized spacial score (nSPS) is 14.7. The Kier molecular flexibility index (Phi) is 8.84. The van der Waals surface area contributed by atoms with Gasteiger partial charge in [0.2, 0.25) is 0 Å². The third-order valence-corrected chi connectivity index (χ3v) is 8.52. The number of rotatable bonds is 9. The lowest BCUT2D eigenvalue weighted by molar-refractivity contribution is 0.153. The third kappa shape index (κ3) is 6.81. The lowest BCUT2D eigenvalue weighted by Crippen LogP contribution is -2.44. The van der Waals surface area contributed by atoms with Gasteiger partial charge in [-0.15, -0.1) is 0 Å².